The van der Waals surface area contributed by atoms with Crippen LogP contribution >= 0.6 is 0 Å². The Balaban J connectivity index is 1.31. The predicted molar refractivity (Wildman–Crippen MR) is 109 cm³/mol. The Morgan fingerprint density at radius 2 is 1.87 bits per heavy atom. The van der Waals surface area contributed by atoms with E-state index in [2.05, 4.69) is 22.3 Å². The van der Waals surface area contributed by atoms with Crippen LogP contribution in [0.4, 0.5) is 13.2 Å². The topological polar surface area (TPSA) is 56.1 Å². The quantitative estimate of drug-likeness (QED) is 0.765. The van der Waals surface area contributed by atoms with E-state index in [0.717, 1.165) is 45.0 Å². The van der Waals surface area contributed by atoms with E-state index < -0.39 is 11.7 Å². The number of piperidine rings is 1. The van der Waals surface area contributed by atoms with Crippen molar-refractivity contribution in [2.24, 2.45) is 11.3 Å². The fourth-order valence-electron chi connectivity index (χ4n) is 4.64. The van der Waals surface area contributed by atoms with Crippen LogP contribution in [0, 0.1) is 22.7 Å². The van der Waals surface area contributed by atoms with Crippen molar-refractivity contribution >= 4 is 5.91 Å². The summed E-state index contributed by atoms with van der Waals surface area (Å²) in [6.45, 7) is 2.55. The van der Waals surface area contributed by atoms with Crippen molar-refractivity contribution in [2.75, 3.05) is 13.1 Å². The molecule has 1 amide bonds. The normalized spacial score (nSPS) is 20.3. The van der Waals surface area contributed by atoms with Gasteiger partial charge in [-0.05, 0) is 61.0 Å². The number of benzene rings is 2. The molecule has 1 aliphatic carbocycles. The molecule has 4 rings (SSSR count). The average molecular weight is 427 g/mol. The van der Waals surface area contributed by atoms with Gasteiger partial charge in [-0.25, -0.2) is 0 Å². The second-order valence-electron chi connectivity index (χ2n) is 8.58. The van der Waals surface area contributed by atoms with Gasteiger partial charge in [0.05, 0.1) is 17.2 Å². The number of alkyl halides is 3. The first-order valence-electron chi connectivity index (χ1n) is 10.4. The van der Waals surface area contributed by atoms with Crippen LogP contribution in [0.2, 0.25) is 0 Å². The zero-order chi connectivity index (χ0) is 22.1. The zero-order valence-corrected chi connectivity index (χ0v) is 17.1. The minimum absolute atomic E-state index is 0.00516. The summed E-state index contributed by atoms with van der Waals surface area (Å²) in [5, 5.41) is 11.6. The molecule has 2 aromatic carbocycles. The number of carbonyl (C=O) groups excluding carboxylic acids is 1. The van der Waals surface area contributed by atoms with E-state index in [1.54, 1.807) is 6.07 Å². The van der Waals surface area contributed by atoms with Crippen LogP contribution in [-0.4, -0.2) is 23.9 Å². The predicted octanol–water partition coefficient (Wildman–Crippen LogP) is 4.50. The maximum absolute atomic E-state index is 13.3. The number of carbonyl (C=O) groups is 1. The zero-order valence-electron chi connectivity index (χ0n) is 17.1. The second kappa shape index (κ2) is 8.35. The second-order valence-corrected chi connectivity index (χ2v) is 8.58. The molecular formula is C24H24F3N3O. The summed E-state index contributed by atoms with van der Waals surface area (Å²) in [5.41, 5.74) is 0.325. The van der Waals surface area contributed by atoms with Crippen molar-refractivity contribution in [3.8, 4) is 6.07 Å². The van der Waals surface area contributed by atoms with E-state index in [4.69, 9.17) is 5.26 Å². The van der Waals surface area contributed by atoms with Gasteiger partial charge in [0.15, 0.2) is 0 Å². The van der Waals surface area contributed by atoms with Crippen LogP contribution in [0.1, 0.15) is 41.5 Å². The summed E-state index contributed by atoms with van der Waals surface area (Å²) < 4.78 is 39.9. The average Bonchev–Trinajstić information content (AvgIpc) is 3.47. The van der Waals surface area contributed by atoms with Gasteiger partial charge in [0.25, 0.3) is 0 Å². The van der Waals surface area contributed by atoms with Crippen molar-refractivity contribution in [3.05, 3.63) is 70.8 Å². The molecule has 4 nitrogen and oxygen atoms in total. The third kappa shape index (κ3) is 4.75. The number of hydrogen-bond acceptors (Lipinski definition) is 3. The molecule has 1 aliphatic heterocycles. The highest BCUT2D eigenvalue weighted by molar-refractivity contribution is 5.82. The molecule has 0 radical (unpaired) electrons. The molecule has 162 valence electrons. The Morgan fingerprint density at radius 3 is 2.52 bits per heavy atom. The number of hydrogen-bond donors (Lipinski definition) is 1. The van der Waals surface area contributed by atoms with Crippen molar-refractivity contribution in [2.45, 2.75) is 38.5 Å². The van der Waals surface area contributed by atoms with Crippen molar-refractivity contribution in [1.29, 1.82) is 5.26 Å². The highest BCUT2D eigenvalue weighted by Gasteiger charge is 2.58. The Bertz CT molecular complexity index is 989. The van der Waals surface area contributed by atoms with Gasteiger partial charge in [0.2, 0.25) is 5.91 Å². The van der Waals surface area contributed by atoms with Gasteiger partial charge in [-0.2, -0.15) is 18.4 Å². The highest BCUT2D eigenvalue weighted by atomic mass is 19.4. The summed E-state index contributed by atoms with van der Waals surface area (Å²) in [7, 11) is 0. The first kappa shape index (κ1) is 21.4. The van der Waals surface area contributed by atoms with E-state index in [1.807, 2.05) is 18.2 Å². The number of nitrogens with one attached hydrogen (secondary N) is 1. The number of halogens is 3. The molecule has 7 heteroatoms. The van der Waals surface area contributed by atoms with Gasteiger partial charge in [0.1, 0.15) is 0 Å². The molecule has 1 N–H and O–H groups in total. The first-order chi connectivity index (χ1) is 14.8. The fourth-order valence-corrected chi connectivity index (χ4v) is 4.64. The van der Waals surface area contributed by atoms with Crippen LogP contribution in [0.5, 0.6) is 0 Å². The minimum atomic E-state index is -4.57. The molecule has 1 spiro atoms. The maximum Gasteiger partial charge on any atom is 0.416 e. The Labute approximate surface area is 179 Å². The summed E-state index contributed by atoms with van der Waals surface area (Å²) in [5.74, 6) is -0.298. The number of rotatable bonds is 5. The van der Waals surface area contributed by atoms with Gasteiger partial charge >= 0.3 is 6.18 Å². The van der Waals surface area contributed by atoms with Gasteiger partial charge in [-0.3, -0.25) is 9.69 Å². The van der Waals surface area contributed by atoms with Crippen LogP contribution in [0.25, 0.3) is 0 Å². The standard InChI is InChI=1S/C24H24F3N3O/c25-24(26,27)20-12-18(14-28)6-7-19(20)15-29-22(31)21-13-23(21)8-10-30(11-9-23)16-17-4-2-1-3-5-17/h1-7,12,21H,8-11,13,15-16H2,(H,29,31). The largest absolute Gasteiger partial charge is 0.416 e. The summed E-state index contributed by atoms with van der Waals surface area (Å²) >= 11 is 0. The molecule has 2 aliphatic rings. The van der Waals surface area contributed by atoms with Crippen LogP contribution in [-0.2, 0) is 24.1 Å². The third-order valence-corrected chi connectivity index (χ3v) is 6.60. The van der Waals surface area contributed by atoms with Crippen LogP contribution in [0.15, 0.2) is 48.5 Å². The molecule has 31 heavy (non-hydrogen) atoms. The lowest BCUT2D eigenvalue weighted by Crippen LogP contribution is -2.36. The van der Waals surface area contributed by atoms with E-state index in [9.17, 15) is 18.0 Å². The van der Waals surface area contributed by atoms with Gasteiger partial charge in [0, 0.05) is 19.0 Å². The lowest BCUT2D eigenvalue weighted by atomic mass is 9.90. The highest BCUT2D eigenvalue weighted by Crippen LogP contribution is 2.59. The van der Waals surface area contributed by atoms with Gasteiger partial charge < -0.3 is 5.32 Å². The number of amides is 1. The fraction of sp³-hybridized carbons (Fsp3) is 0.417. The summed E-state index contributed by atoms with van der Waals surface area (Å²) in [6, 6.07) is 15.4. The molecule has 1 atom stereocenters. The van der Waals surface area contributed by atoms with Crippen LogP contribution in [0.3, 0.4) is 0 Å². The molecule has 0 bridgehead atoms. The molecule has 2 aromatic rings. The molecule has 0 aromatic heterocycles. The van der Waals surface area contributed by atoms with E-state index in [1.165, 1.54) is 17.7 Å². The van der Waals surface area contributed by atoms with Crippen LogP contribution < -0.4 is 5.32 Å². The molecule has 2 fully saturated rings. The molecule has 1 saturated heterocycles. The number of likely N-dealkylation sites (tertiary alicyclic amines) is 1. The van der Waals surface area contributed by atoms with Crippen molar-refractivity contribution in [1.82, 2.24) is 10.2 Å². The Morgan fingerprint density at radius 1 is 1.16 bits per heavy atom. The molecule has 1 heterocycles. The molecular weight excluding hydrogens is 403 g/mol. The minimum Gasteiger partial charge on any atom is -0.352 e. The molecule has 1 saturated carbocycles. The number of nitriles is 1. The SMILES string of the molecule is N#Cc1ccc(CNC(=O)C2CC23CCN(Cc2ccccc2)CC3)c(C(F)(F)F)c1. The van der Waals surface area contributed by atoms with E-state index in [-0.39, 0.29) is 34.9 Å². The van der Waals surface area contributed by atoms with E-state index >= 15 is 0 Å². The lowest BCUT2D eigenvalue weighted by molar-refractivity contribution is -0.138. The van der Waals surface area contributed by atoms with E-state index in [0.29, 0.717) is 0 Å². The van der Waals surface area contributed by atoms with Crippen molar-refractivity contribution < 1.29 is 18.0 Å². The van der Waals surface area contributed by atoms with Gasteiger partial charge in [-0.1, -0.05) is 36.4 Å². The third-order valence-electron chi connectivity index (χ3n) is 6.60. The summed E-state index contributed by atoms with van der Waals surface area (Å²) in [6.07, 6.45) is -1.90. The Hall–Kier alpha value is -2.85. The maximum atomic E-state index is 13.3. The van der Waals surface area contributed by atoms with Gasteiger partial charge in [-0.15, -0.1) is 0 Å². The summed E-state index contributed by atoms with van der Waals surface area (Å²) in [4.78, 5) is 15.0. The molecule has 1 unspecified atom stereocenters. The smallest absolute Gasteiger partial charge is 0.352 e. The first-order valence-corrected chi connectivity index (χ1v) is 10.4. The monoisotopic (exact) mass is 427 g/mol. The lowest BCUT2D eigenvalue weighted by Gasteiger charge is -2.32. The number of nitrogens with zero attached hydrogens (tertiary/aromatic N) is 2. The Kier molecular flexibility index (Phi) is 5.76. The van der Waals surface area contributed by atoms with Crippen molar-refractivity contribution in [3.63, 3.8) is 0 Å².